The first-order valence-electron chi connectivity index (χ1n) is 11.5. The highest BCUT2D eigenvalue weighted by molar-refractivity contribution is 5.94. The monoisotopic (exact) mass is 477 g/mol. The molecule has 2 heterocycles. The van der Waals surface area contributed by atoms with Crippen LogP contribution < -0.4 is 10.1 Å². The molecule has 1 N–H and O–H groups in total. The maximum atomic E-state index is 13.9. The number of carbonyl (C=O) groups is 1. The van der Waals surface area contributed by atoms with Crippen LogP contribution in [0, 0.1) is 11.6 Å². The summed E-state index contributed by atoms with van der Waals surface area (Å²) in [6.45, 7) is 3.04. The molecule has 1 aromatic heterocycles. The lowest BCUT2D eigenvalue weighted by atomic mass is 10.0. The van der Waals surface area contributed by atoms with E-state index in [0.29, 0.717) is 18.8 Å². The summed E-state index contributed by atoms with van der Waals surface area (Å²) in [6, 6.07) is 15.7. The normalized spacial score (nSPS) is 13.9. The molecule has 5 rings (SSSR count). The Morgan fingerprint density at radius 1 is 0.971 bits per heavy atom. The van der Waals surface area contributed by atoms with Gasteiger partial charge in [-0.15, -0.1) is 10.2 Å². The predicted octanol–water partition coefficient (Wildman–Crippen LogP) is 3.71. The van der Waals surface area contributed by atoms with E-state index in [1.807, 2.05) is 22.8 Å². The Morgan fingerprint density at radius 2 is 1.74 bits per heavy atom. The number of nitrogens with one attached hydrogen (secondary N) is 1. The van der Waals surface area contributed by atoms with Crippen LogP contribution in [0.3, 0.4) is 0 Å². The highest BCUT2D eigenvalue weighted by Crippen LogP contribution is 2.29. The van der Waals surface area contributed by atoms with Crippen molar-refractivity contribution in [2.75, 3.05) is 20.2 Å². The number of halogens is 2. The zero-order chi connectivity index (χ0) is 24.4. The third-order valence-electron chi connectivity index (χ3n) is 6.38. The molecule has 1 aliphatic heterocycles. The second kappa shape index (κ2) is 9.79. The number of carbonyl (C=O) groups excluding carboxylic acids is 1. The van der Waals surface area contributed by atoms with E-state index in [1.54, 1.807) is 7.11 Å². The van der Waals surface area contributed by atoms with E-state index in [4.69, 9.17) is 4.74 Å². The van der Waals surface area contributed by atoms with Crippen LogP contribution in [0.25, 0.3) is 10.8 Å². The van der Waals surface area contributed by atoms with Crippen LogP contribution in [0.15, 0.2) is 54.6 Å². The van der Waals surface area contributed by atoms with Crippen molar-refractivity contribution < 1.29 is 18.3 Å². The summed E-state index contributed by atoms with van der Waals surface area (Å²) >= 11 is 0. The minimum absolute atomic E-state index is 0.0305. The number of ether oxygens (including phenoxy) is 1. The van der Waals surface area contributed by atoms with E-state index in [0.717, 1.165) is 48.7 Å². The van der Waals surface area contributed by atoms with Crippen LogP contribution in [0.2, 0.25) is 0 Å². The fourth-order valence-corrected chi connectivity index (χ4v) is 4.57. The average molecular weight is 478 g/mol. The van der Waals surface area contributed by atoms with Crippen LogP contribution in [0.4, 0.5) is 8.78 Å². The fraction of sp³-hybridized carbons (Fsp3) is 0.269. The Kier molecular flexibility index (Phi) is 6.41. The lowest BCUT2D eigenvalue weighted by Gasteiger charge is -2.21. The number of aromatic nitrogens is 3. The zero-order valence-electron chi connectivity index (χ0n) is 19.3. The number of nitrogens with zero attached hydrogens (tertiary/aromatic N) is 4. The molecule has 0 unspecified atom stereocenters. The average Bonchev–Trinajstić information content (AvgIpc) is 3.14. The third kappa shape index (κ3) is 4.59. The minimum atomic E-state index is -0.899. The molecule has 9 heteroatoms. The molecule has 180 valence electrons. The Hall–Kier alpha value is -3.85. The van der Waals surface area contributed by atoms with Crippen molar-refractivity contribution in [2.24, 2.45) is 0 Å². The van der Waals surface area contributed by atoms with E-state index in [1.165, 1.54) is 17.0 Å². The summed E-state index contributed by atoms with van der Waals surface area (Å²) in [6.07, 6.45) is 0.705. The Bertz CT molecular complexity index is 1370. The third-order valence-corrected chi connectivity index (χ3v) is 6.38. The number of hydrogen-bond donors (Lipinski definition) is 1. The van der Waals surface area contributed by atoms with Gasteiger partial charge in [0, 0.05) is 38.0 Å². The van der Waals surface area contributed by atoms with E-state index < -0.39 is 23.1 Å². The van der Waals surface area contributed by atoms with Crippen molar-refractivity contribution in [3.05, 3.63) is 89.0 Å². The van der Waals surface area contributed by atoms with Gasteiger partial charge in [-0.05, 0) is 29.1 Å². The molecule has 0 aliphatic carbocycles. The van der Waals surface area contributed by atoms with Crippen LogP contribution in [0.5, 0.6) is 5.75 Å². The van der Waals surface area contributed by atoms with E-state index in [-0.39, 0.29) is 6.54 Å². The van der Waals surface area contributed by atoms with Gasteiger partial charge in [0.1, 0.15) is 28.8 Å². The second-order valence-corrected chi connectivity index (χ2v) is 8.46. The number of hydrogen-bond acceptors (Lipinski definition) is 5. The quantitative estimate of drug-likeness (QED) is 0.459. The summed E-state index contributed by atoms with van der Waals surface area (Å²) in [5, 5.41) is 13.3. The molecular formula is C26H25F2N5O2. The first kappa shape index (κ1) is 22.9. The van der Waals surface area contributed by atoms with Gasteiger partial charge in [-0.1, -0.05) is 36.4 Å². The largest absolute Gasteiger partial charge is 0.496 e. The van der Waals surface area contributed by atoms with E-state index in [9.17, 15) is 13.6 Å². The lowest BCUT2D eigenvalue weighted by Crippen LogP contribution is -2.28. The molecule has 0 saturated heterocycles. The summed E-state index contributed by atoms with van der Waals surface area (Å²) in [4.78, 5) is 14.7. The molecular weight excluding hydrogens is 452 g/mol. The maximum Gasteiger partial charge on any atom is 0.257 e. The maximum absolute atomic E-state index is 13.9. The first-order chi connectivity index (χ1) is 17.0. The van der Waals surface area contributed by atoms with Gasteiger partial charge in [-0.3, -0.25) is 9.69 Å². The molecule has 0 fully saturated rings. The topological polar surface area (TPSA) is 72.3 Å². The van der Waals surface area contributed by atoms with Gasteiger partial charge in [0.2, 0.25) is 0 Å². The summed E-state index contributed by atoms with van der Waals surface area (Å²) < 4.78 is 35.3. The van der Waals surface area contributed by atoms with Gasteiger partial charge in [-0.2, -0.15) is 0 Å². The molecule has 0 saturated carbocycles. The minimum Gasteiger partial charge on any atom is -0.496 e. The van der Waals surface area contributed by atoms with Gasteiger partial charge < -0.3 is 14.6 Å². The standard InChI is InChI=1S/C26H25F2N5O2/c1-35-22-10-9-17(18-5-2-3-6-19(18)22)16-32-12-11-23-30-31-24(33(23)14-13-32)15-29-26(34)25-20(27)7-4-8-21(25)28/h2-10H,11-16H2,1H3,(H,29,34). The number of fused-ring (bicyclic) bond motifs is 2. The highest BCUT2D eigenvalue weighted by Gasteiger charge is 2.21. The van der Waals surface area contributed by atoms with E-state index >= 15 is 0 Å². The Morgan fingerprint density at radius 3 is 2.51 bits per heavy atom. The van der Waals surface area contributed by atoms with Crippen LogP contribution in [-0.2, 0) is 26.1 Å². The first-order valence-corrected chi connectivity index (χ1v) is 11.5. The van der Waals surface area contributed by atoms with Crippen LogP contribution >= 0.6 is 0 Å². The molecule has 4 aromatic rings. The predicted molar refractivity (Wildman–Crippen MR) is 127 cm³/mol. The van der Waals surface area contributed by atoms with Crippen molar-refractivity contribution >= 4 is 16.7 Å². The molecule has 3 aromatic carbocycles. The van der Waals surface area contributed by atoms with Gasteiger partial charge in [0.05, 0.1) is 13.7 Å². The van der Waals surface area contributed by atoms with E-state index in [2.05, 4.69) is 38.6 Å². The summed E-state index contributed by atoms with van der Waals surface area (Å²) in [7, 11) is 1.68. The molecule has 1 aliphatic rings. The van der Waals surface area contributed by atoms with Gasteiger partial charge in [-0.25, -0.2) is 8.78 Å². The molecule has 0 atom stereocenters. The van der Waals surface area contributed by atoms with Crippen molar-refractivity contribution in [2.45, 2.75) is 26.1 Å². The summed E-state index contributed by atoms with van der Waals surface area (Å²) in [5.74, 6) is -0.378. The number of methoxy groups -OCH3 is 1. The van der Waals surface area contributed by atoms with Gasteiger partial charge in [0.15, 0.2) is 5.82 Å². The molecule has 35 heavy (non-hydrogen) atoms. The Balaban J connectivity index is 1.27. The van der Waals surface area contributed by atoms with Crippen molar-refractivity contribution in [3.8, 4) is 5.75 Å². The Labute approximate surface area is 201 Å². The van der Waals surface area contributed by atoms with Crippen molar-refractivity contribution in [1.82, 2.24) is 25.0 Å². The number of benzene rings is 3. The van der Waals surface area contributed by atoms with Gasteiger partial charge >= 0.3 is 0 Å². The second-order valence-electron chi connectivity index (χ2n) is 8.46. The summed E-state index contributed by atoms with van der Waals surface area (Å²) in [5.41, 5.74) is 0.625. The van der Waals surface area contributed by atoms with Crippen LogP contribution in [0.1, 0.15) is 27.6 Å². The van der Waals surface area contributed by atoms with Crippen molar-refractivity contribution in [3.63, 3.8) is 0 Å². The smallest absolute Gasteiger partial charge is 0.257 e. The number of amides is 1. The van der Waals surface area contributed by atoms with Crippen LogP contribution in [-0.4, -0.2) is 45.8 Å². The van der Waals surface area contributed by atoms with Crippen molar-refractivity contribution in [1.29, 1.82) is 0 Å². The SMILES string of the molecule is COc1ccc(CN2CCc3nnc(CNC(=O)c4c(F)cccc4F)n3CC2)c2ccccc12. The lowest BCUT2D eigenvalue weighted by molar-refractivity contribution is 0.0941. The molecule has 7 nitrogen and oxygen atoms in total. The zero-order valence-corrected chi connectivity index (χ0v) is 19.3. The molecule has 1 amide bonds. The highest BCUT2D eigenvalue weighted by atomic mass is 19.1. The van der Waals surface area contributed by atoms with Gasteiger partial charge in [0.25, 0.3) is 5.91 Å². The fourth-order valence-electron chi connectivity index (χ4n) is 4.57. The number of rotatable bonds is 6. The molecule has 0 radical (unpaired) electrons. The molecule has 0 bridgehead atoms. The molecule has 0 spiro atoms.